The number of carbonyl (C=O) groups is 1. The van der Waals surface area contributed by atoms with E-state index in [0.717, 1.165) is 24.6 Å². The molecule has 1 saturated carbocycles. The summed E-state index contributed by atoms with van der Waals surface area (Å²) in [6.07, 6.45) is 2.00. The molecular formula is C13H11ClFN3O2S. The maximum Gasteiger partial charge on any atom is 0.313 e. The van der Waals surface area contributed by atoms with Crippen molar-refractivity contribution < 1.29 is 14.3 Å². The predicted octanol–water partition coefficient (Wildman–Crippen LogP) is 3.25. The Morgan fingerprint density at radius 3 is 2.86 bits per heavy atom. The second kappa shape index (κ2) is 5.65. The predicted molar refractivity (Wildman–Crippen MR) is 77.1 cm³/mol. The second-order valence-corrected chi connectivity index (χ2v) is 6.07. The Morgan fingerprint density at radius 1 is 1.48 bits per heavy atom. The summed E-state index contributed by atoms with van der Waals surface area (Å²) >= 11 is 6.93. The van der Waals surface area contributed by atoms with Crippen LogP contribution in [0.15, 0.2) is 23.4 Å². The largest absolute Gasteiger partial charge is 0.481 e. The highest BCUT2D eigenvalue weighted by molar-refractivity contribution is 7.99. The van der Waals surface area contributed by atoms with Crippen LogP contribution >= 0.6 is 23.4 Å². The Labute approximate surface area is 129 Å². The molecule has 0 spiro atoms. The van der Waals surface area contributed by atoms with Gasteiger partial charge in [0.15, 0.2) is 11.0 Å². The smallest absolute Gasteiger partial charge is 0.313 e. The number of hydrogen-bond acceptors (Lipinski definition) is 4. The zero-order valence-electron chi connectivity index (χ0n) is 10.8. The molecule has 1 aromatic carbocycles. The van der Waals surface area contributed by atoms with Crippen LogP contribution in [0.5, 0.6) is 0 Å². The van der Waals surface area contributed by atoms with E-state index in [9.17, 15) is 9.18 Å². The Balaban J connectivity index is 1.98. The lowest BCUT2D eigenvalue weighted by atomic mass is 10.2. The standard InChI is InChI=1S/C13H11ClFN3O2S/c14-9-5-7(1-4-10(9)15)12-16-17-13(21-6-11(19)20)18(12)8-2-3-8/h1,4-5,8H,2-3,6H2,(H,19,20). The number of benzene rings is 1. The van der Waals surface area contributed by atoms with Crippen molar-refractivity contribution in [2.24, 2.45) is 0 Å². The molecular weight excluding hydrogens is 317 g/mol. The molecule has 0 aliphatic heterocycles. The maximum atomic E-state index is 13.3. The Bertz CT molecular complexity index is 703. The van der Waals surface area contributed by atoms with Gasteiger partial charge in [-0.25, -0.2) is 4.39 Å². The van der Waals surface area contributed by atoms with Gasteiger partial charge in [-0.3, -0.25) is 9.36 Å². The van der Waals surface area contributed by atoms with E-state index in [2.05, 4.69) is 10.2 Å². The van der Waals surface area contributed by atoms with Crippen LogP contribution in [-0.2, 0) is 4.79 Å². The number of halogens is 2. The average molecular weight is 328 g/mol. The lowest BCUT2D eigenvalue weighted by Gasteiger charge is -2.08. The fraction of sp³-hybridized carbons (Fsp3) is 0.308. The fourth-order valence-corrected chi connectivity index (χ4v) is 2.90. The first-order chi connectivity index (χ1) is 10.1. The first-order valence-corrected chi connectivity index (χ1v) is 7.67. The lowest BCUT2D eigenvalue weighted by molar-refractivity contribution is -0.133. The van der Waals surface area contributed by atoms with Gasteiger partial charge in [-0.2, -0.15) is 0 Å². The molecule has 21 heavy (non-hydrogen) atoms. The molecule has 0 radical (unpaired) electrons. The molecule has 0 saturated heterocycles. The summed E-state index contributed by atoms with van der Waals surface area (Å²) in [5, 5.41) is 17.5. The Kier molecular flexibility index (Phi) is 3.86. The summed E-state index contributed by atoms with van der Waals surface area (Å²) in [5.74, 6) is -0.878. The van der Waals surface area contributed by atoms with Crippen molar-refractivity contribution in [1.29, 1.82) is 0 Å². The van der Waals surface area contributed by atoms with Gasteiger partial charge in [-0.1, -0.05) is 23.4 Å². The lowest BCUT2D eigenvalue weighted by Crippen LogP contribution is -2.03. The van der Waals surface area contributed by atoms with Gasteiger partial charge in [0.1, 0.15) is 5.82 Å². The highest BCUT2D eigenvalue weighted by Gasteiger charge is 2.30. The molecule has 1 aromatic heterocycles. The van der Waals surface area contributed by atoms with Crippen LogP contribution in [0.4, 0.5) is 4.39 Å². The molecule has 1 N–H and O–H groups in total. The molecule has 3 rings (SSSR count). The topological polar surface area (TPSA) is 68.0 Å². The minimum absolute atomic E-state index is 0.0255. The van der Waals surface area contributed by atoms with Gasteiger partial charge >= 0.3 is 5.97 Å². The van der Waals surface area contributed by atoms with Crippen LogP contribution in [0.25, 0.3) is 11.4 Å². The van der Waals surface area contributed by atoms with E-state index >= 15 is 0 Å². The molecule has 2 aromatic rings. The van der Waals surface area contributed by atoms with E-state index in [1.165, 1.54) is 12.1 Å². The van der Waals surface area contributed by atoms with Crippen molar-refractivity contribution in [1.82, 2.24) is 14.8 Å². The number of carboxylic acids is 1. The first kappa shape index (κ1) is 14.3. The van der Waals surface area contributed by atoms with Gasteiger partial charge in [0, 0.05) is 11.6 Å². The summed E-state index contributed by atoms with van der Waals surface area (Å²) in [6.45, 7) is 0. The Hall–Kier alpha value is -1.60. The van der Waals surface area contributed by atoms with Crippen molar-refractivity contribution in [3.63, 3.8) is 0 Å². The van der Waals surface area contributed by atoms with Crippen molar-refractivity contribution in [2.45, 2.75) is 24.0 Å². The van der Waals surface area contributed by atoms with Crippen molar-refractivity contribution >= 4 is 29.3 Å². The van der Waals surface area contributed by atoms with Gasteiger partial charge in [0.05, 0.1) is 10.8 Å². The van der Waals surface area contributed by atoms with E-state index in [1.54, 1.807) is 6.07 Å². The molecule has 0 bridgehead atoms. The third-order valence-corrected chi connectivity index (χ3v) is 4.30. The van der Waals surface area contributed by atoms with Crippen LogP contribution in [0, 0.1) is 5.82 Å². The molecule has 0 amide bonds. The molecule has 1 heterocycles. The third-order valence-electron chi connectivity index (χ3n) is 3.08. The van der Waals surface area contributed by atoms with Crippen molar-refractivity contribution in [3.05, 3.63) is 29.0 Å². The fourth-order valence-electron chi connectivity index (χ4n) is 2.00. The van der Waals surface area contributed by atoms with Crippen molar-refractivity contribution in [3.8, 4) is 11.4 Å². The number of aromatic nitrogens is 3. The minimum atomic E-state index is -0.906. The zero-order valence-corrected chi connectivity index (χ0v) is 12.4. The average Bonchev–Trinajstić information content (AvgIpc) is 3.19. The number of carboxylic acid groups (broad SMARTS) is 1. The highest BCUT2D eigenvalue weighted by Crippen LogP contribution is 2.41. The maximum absolute atomic E-state index is 13.3. The van der Waals surface area contributed by atoms with E-state index in [1.807, 2.05) is 4.57 Å². The van der Waals surface area contributed by atoms with Gasteiger partial charge < -0.3 is 5.11 Å². The van der Waals surface area contributed by atoms with E-state index < -0.39 is 11.8 Å². The first-order valence-electron chi connectivity index (χ1n) is 6.31. The normalized spacial score (nSPS) is 14.4. The summed E-state index contributed by atoms with van der Waals surface area (Å²) in [6, 6.07) is 4.66. The molecule has 0 unspecified atom stereocenters. The number of rotatable bonds is 5. The summed E-state index contributed by atoms with van der Waals surface area (Å²) in [5.41, 5.74) is 0.669. The molecule has 8 heteroatoms. The van der Waals surface area contributed by atoms with E-state index in [-0.39, 0.29) is 16.8 Å². The molecule has 0 atom stereocenters. The van der Waals surface area contributed by atoms with Gasteiger partial charge in [0.25, 0.3) is 0 Å². The molecule has 1 fully saturated rings. The van der Waals surface area contributed by atoms with Crippen LogP contribution in [0.1, 0.15) is 18.9 Å². The number of thioether (sulfide) groups is 1. The van der Waals surface area contributed by atoms with Gasteiger partial charge in [-0.15, -0.1) is 10.2 Å². The molecule has 1 aliphatic rings. The molecule has 110 valence electrons. The number of nitrogens with zero attached hydrogens (tertiary/aromatic N) is 3. The molecule has 1 aliphatic carbocycles. The van der Waals surface area contributed by atoms with Crippen LogP contribution in [-0.4, -0.2) is 31.6 Å². The van der Waals surface area contributed by atoms with E-state index in [0.29, 0.717) is 16.5 Å². The SMILES string of the molecule is O=C(O)CSc1nnc(-c2ccc(F)c(Cl)c2)n1C1CC1. The van der Waals surface area contributed by atoms with Gasteiger partial charge in [-0.05, 0) is 31.0 Å². The Morgan fingerprint density at radius 2 is 2.24 bits per heavy atom. The second-order valence-electron chi connectivity index (χ2n) is 4.72. The summed E-state index contributed by atoms with van der Waals surface area (Å²) in [4.78, 5) is 10.7. The van der Waals surface area contributed by atoms with Crippen molar-refractivity contribution in [2.75, 3.05) is 5.75 Å². The zero-order chi connectivity index (χ0) is 15.0. The minimum Gasteiger partial charge on any atom is -0.481 e. The highest BCUT2D eigenvalue weighted by atomic mass is 35.5. The quantitative estimate of drug-likeness (QED) is 0.854. The van der Waals surface area contributed by atoms with Crippen LogP contribution in [0.2, 0.25) is 5.02 Å². The molecule has 5 nitrogen and oxygen atoms in total. The third kappa shape index (κ3) is 3.03. The van der Waals surface area contributed by atoms with Crippen LogP contribution in [0.3, 0.4) is 0 Å². The summed E-state index contributed by atoms with van der Waals surface area (Å²) < 4.78 is 15.2. The number of hydrogen-bond donors (Lipinski definition) is 1. The summed E-state index contributed by atoms with van der Waals surface area (Å²) in [7, 11) is 0. The van der Waals surface area contributed by atoms with E-state index in [4.69, 9.17) is 16.7 Å². The van der Waals surface area contributed by atoms with Gasteiger partial charge in [0.2, 0.25) is 0 Å². The monoisotopic (exact) mass is 327 g/mol. The number of aliphatic carboxylic acids is 1. The van der Waals surface area contributed by atoms with Crippen LogP contribution < -0.4 is 0 Å².